The molecule has 1 unspecified atom stereocenters. The van der Waals surface area contributed by atoms with Crippen LogP contribution in [0.5, 0.6) is 0 Å². The second kappa shape index (κ2) is 20.0. The van der Waals surface area contributed by atoms with Crippen LogP contribution in [0.2, 0.25) is 0 Å². The fraction of sp³-hybridized carbons (Fsp3) is 0.472. The maximum absolute atomic E-state index is 13.6. The Labute approximate surface area is 282 Å². The van der Waals surface area contributed by atoms with Crippen LogP contribution in [0, 0.1) is 5.92 Å². The van der Waals surface area contributed by atoms with Gasteiger partial charge >= 0.3 is 5.97 Å². The van der Waals surface area contributed by atoms with Crippen LogP contribution in [0.15, 0.2) is 66.7 Å². The van der Waals surface area contributed by atoms with Gasteiger partial charge in [0.2, 0.25) is 23.6 Å². The van der Waals surface area contributed by atoms with Crippen LogP contribution in [-0.4, -0.2) is 71.0 Å². The van der Waals surface area contributed by atoms with Gasteiger partial charge in [-0.15, -0.1) is 0 Å². The van der Waals surface area contributed by atoms with Crippen LogP contribution in [0.4, 0.5) is 5.69 Å². The van der Waals surface area contributed by atoms with Gasteiger partial charge in [-0.3, -0.25) is 24.0 Å². The monoisotopic (exact) mass is 663 g/mol. The highest BCUT2D eigenvalue weighted by Gasteiger charge is 2.27. The first kappa shape index (κ1) is 37.9. The zero-order valence-corrected chi connectivity index (χ0v) is 27.9. The molecular formula is C36H49N5O7. The van der Waals surface area contributed by atoms with Crippen molar-refractivity contribution in [3.05, 3.63) is 77.9 Å². The van der Waals surface area contributed by atoms with Crippen molar-refractivity contribution >= 4 is 35.3 Å². The average molecular weight is 664 g/mol. The van der Waals surface area contributed by atoms with Crippen LogP contribution in [0.3, 0.4) is 0 Å². The van der Waals surface area contributed by atoms with Crippen molar-refractivity contribution in [1.29, 1.82) is 0 Å². The van der Waals surface area contributed by atoms with Crippen molar-refractivity contribution in [2.75, 3.05) is 18.4 Å². The number of anilines is 1. The zero-order chi connectivity index (χ0) is 34.9. The minimum absolute atomic E-state index is 0.124. The first-order valence-corrected chi connectivity index (χ1v) is 16.6. The van der Waals surface area contributed by atoms with Gasteiger partial charge in [0.15, 0.2) is 0 Å². The maximum Gasteiger partial charge on any atom is 0.308 e. The lowest BCUT2D eigenvalue weighted by Crippen LogP contribution is -2.53. The Balaban J connectivity index is 1.60. The summed E-state index contributed by atoms with van der Waals surface area (Å²) in [5.74, 6) is -1.93. The standard InChI is InChI=1S/C36H49N5O7/c1-25(2)36(47)48-24-27-15-17-28(18-16-27)38-34(45)29(13-8-9-21-37)40-35(46)30(23-26-11-5-3-6-12-26)39-31(42)14-7-4-10-22-41-32(43)19-20-33(41)44/h3,5-6,11-12,15-20,25,29-30,32,43H,4,7-10,13-14,21-24,37H2,1-2H3,(H,38,45)(H,39,42)(H,40,46)/t29-,30-,32?/m0/s1. The molecule has 0 aliphatic carbocycles. The number of benzene rings is 2. The molecule has 12 nitrogen and oxygen atoms in total. The molecule has 2 aromatic rings. The van der Waals surface area contributed by atoms with Gasteiger partial charge in [-0.2, -0.15) is 0 Å². The smallest absolute Gasteiger partial charge is 0.308 e. The predicted molar refractivity (Wildman–Crippen MR) is 182 cm³/mol. The number of amides is 4. The SMILES string of the molecule is CC(C)C(=O)OCc1ccc(NC(=O)[C@H](CCCCN)NC(=O)[C@H](Cc2ccccc2)NC(=O)CCCCCN2C(=O)C=CC2O)cc1. The number of rotatable bonds is 20. The minimum atomic E-state index is -0.916. The molecule has 1 aliphatic rings. The van der Waals surface area contributed by atoms with Gasteiger partial charge in [0, 0.05) is 31.1 Å². The number of hydrogen-bond donors (Lipinski definition) is 5. The normalized spacial score (nSPS) is 15.2. The fourth-order valence-electron chi connectivity index (χ4n) is 5.08. The van der Waals surface area contributed by atoms with E-state index in [1.54, 1.807) is 38.1 Å². The van der Waals surface area contributed by atoms with Crippen molar-refractivity contribution in [1.82, 2.24) is 15.5 Å². The van der Waals surface area contributed by atoms with Crippen molar-refractivity contribution in [3.63, 3.8) is 0 Å². The molecule has 0 saturated carbocycles. The second-order valence-electron chi connectivity index (χ2n) is 12.2. The van der Waals surface area contributed by atoms with E-state index in [2.05, 4.69) is 16.0 Å². The summed E-state index contributed by atoms with van der Waals surface area (Å²) in [5, 5.41) is 18.4. The number of esters is 1. The van der Waals surface area contributed by atoms with E-state index < -0.39 is 30.1 Å². The third kappa shape index (κ3) is 12.9. The Morgan fingerprint density at radius 1 is 0.875 bits per heavy atom. The molecule has 0 saturated heterocycles. The van der Waals surface area contributed by atoms with E-state index in [1.165, 1.54) is 17.1 Å². The summed E-state index contributed by atoms with van der Waals surface area (Å²) in [6, 6.07) is 14.4. The Bertz CT molecular complexity index is 1380. The van der Waals surface area contributed by atoms with E-state index in [9.17, 15) is 29.1 Å². The highest BCUT2D eigenvalue weighted by atomic mass is 16.5. The number of carbonyl (C=O) groups excluding carboxylic acids is 5. The molecular weight excluding hydrogens is 614 g/mol. The number of nitrogens with zero attached hydrogens (tertiary/aromatic N) is 1. The van der Waals surface area contributed by atoms with Gasteiger partial charge in [0.05, 0.1) is 5.92 Å². The molecule has 260 valence electrons. The van der Waals surface area contributed by atoms with E-state index in [0.717, 1.165) is 11.1 Å². The Hall–Kier alpha value is -4.55. The van der Waals surface area contributed by atoms with E-state index in [1.807, 2.05) is 30.3 Å². The molecule has 0 bridgehead atoms. The molecule has 1 aliphatic heterocycles. The van der Waals surface area contributed by atoms with E-state index in [-0.39, 0.29) is 43.2 Å². The summed E-state index contributed by atoms with van der Waals surface area (Å²) in [6.45, 7) is 4.48. The number of nitrogens with two attached hydrogens (primary N) is 1. The molecule has 12 heteroatoms. The number of ether oxygens (including phenoxy) is 1. The van der Waals surface area contributed by atoms with Gasteiger partial charge < -0.3 is 36.4 Å². The van der Waals surface area contributed by atoms with Crippen molar-refractivity contribution in [2.24, 2.45) is 11.7 Å². The first-order valence-electron chi connectivity index (χ1n) is 16.6. The molecule has 6 N–H and O–H groups in total. The highest BCUT2D eigenvalue weighted by molar-refractivity contribution is 5.98. The number of nitrogens with one attached hydrogen (secondary N) is 3. The summed E-state index contributed by atoms with van der Waals surface area (Å²) in [5.41, 5.74) is 7.82. The van der Waals surface area contributed by atoms with Crippen LogP contribution in [0.1, 0.15) is 69.9 Å². The van der Waals surface area contributed by atoms with Gasteiger partial charge in [0.25, 0.3) is 0 Å². The molecule has 2 aromatic carbocycles. The van der Waals surface area contributed by atoms with Crippen molar-refractivity contribution < 1.29 is 33.8 Å². The average Bonchev–Trinajstić information content (AvgIpc) is 3.39. The van der Waals surface area contributed by atoms with E-state index in [4.69, 9.17) is 10.5 Å². The number of aliphatic hydroxyl groups is 1. The summed E-state index contributed by atoms with van der Waals surface area (Å²) in [6.07, 6.45) is 5.76. The largest absolute Gasteiger partial charge is 0.461 e. The van der Waals surface area contributed by atoms with Gasteiger partial charge in [-0.1, -0.05) is 62.7 Å². The van der Waals surface area contributed by atoms with E-state index in [0.29, 0.717) is 57.3 Å². The number of aliphatic hydroxyl groups excluding tert-OH is 1. The van der Waals surface area contributed by atoms with Crippen molar-refractivity contribution in [3.8, 4) is 0 Å². The Kier molecular flexibility index (Phi) is 15.8. The van der Waals surface area contributed by atoms with Crippen LogP contribution >= 0.6 is 0 Å². The Morgan fingerprint density at radius 3 is 2.25 bits per heavy atom. The summed E-state index contributed by atoms with van der Waals surface area (Å²) < 4.78 is 5.26. The third-order valence-electron chi connectivity index (χ3n) is 7.90. The lowest BCUT2D eigenvalue weighted by Gasteiger charge is -2.24. The molecule has 0 aromatic heterocycles. The molecule has 1 heterocycles. The molecule has 0 fully saturated rings. The van der Waals surface area contributed by atoms with Gasteiger partial charge in [0.1, 0.15) is 24.9 Å². The Morgan fingerprint density at radius 2 is 1.60 bits per heavy atom. The van der Waals surface area contributed by atoms with Gasteiger partial charge in [-0.25, -0.2) is 0 Å². The first-order chi connectivity index (χ1) is 23.1. The topological polar surface area (TPSA) is 180 Å². The van der Waals surface area contributed by atoms with Crippen molar-refractivity contribution in [2.45, 2.75) is 90.1 Å². The van der Waals surface area contributed by atoms with Gasteiger partial charge in [-0.05, 0) is 68.0 Å². The fourth-order valence-corrected chi connectivity index (χ4v) is 5.08. The molecule has 48 heavy (non-hydrogen) atoms. The van der Waals surface area contributed by atoms with Crippen LogP contribution in [-0.2, 0) is 41.7 Å². The summed E-state index contributed by atoms with van der Waals surface area (Å²) in [7, 11) is 0. The lowest BCUT2D eigenvalue weighted by molar-refractivity contribution is -0.148. The molecule has 0 spiro atoms. The van der Waals surface area contributed by atoms with Crippen LogP contribution in [0.25, 0.3) is 0 Å². The number of hydrogen-bond acceptors (Lipinski definition) is 8. The minimum Gasteiger partial charge on any atom is -0.461 e. The second-order valence-corrected chi connectivity index (χ2v) is 12.2. The molecule has 4 amide bonds. The molecule has 3 rings (SSSR count). The summed E-state index contributed by atoms with van der Waals surface area (Å²) >= 11 is 0. The maximum atomic E-state index is 13.6. The lowest BCUT2D eigenvalue weighted by atomic mass is 10.0. The number of carbonyl (C=O) groups is 5. The quantitative estimate of drug-likeness (QED) is 0.106. The number of unbranched alkanes of at least 4 members (excludes halogenated alkanes) is 3. The van der Waals surface area contributed by atoms with E-state index >= 15 is 0 Å². The highest BCUT2D eigenvalue weighted by Crippen LogP contribution is 2.14. The zero-order valence-electron chi connectivity index (χ0n) is 27.9. The summed E-state index contributed by atoms with van der Waals surface area (Å²) in [4.78, 5) is 64.9. The third-order valence-corrected chi connectivity index (χ3v) is 7.90. The van der Waals surface area contributed by atoms with Crippen LogP contribution < -0.4 is 21.7 Å². The molecule has 3 atom stereocenters. The molecule has 0 radical (unpaired) electrons. The predicted octanol–water partition coefficient (Wildman–Crippen LogP) is 2.94.